The van der Waals surface area contributed by atoms with Gasteiger partial charge in [0, 0.05) is 26.8 Å². The van der Waals surface area contributed by atoms with E-state index in [4.69, 9.17) is 0 Å². The van der Waals surface area contributed by atoms with Gasteiger partial charge in [0.2, 0.25) is 5.91 Å². The molecule has 1 aromatic carbocycles. The molecule has 0 bridgehead atoms. The van der Waals surface area contributed by atoms with E-state index in [-0.39, 0.29) is 5.91 Å². The number of amides is 1. The molecular formula is C11H15N3O3S. The highest BCUT2D eigenvalue weighted by molar-refractivity contribution is 7.90. The molecule has 0 spiro atoms. The maximum atomic E-state index is 11.7. The smallest absolute Gasteiger partial charge is 0.301 e. The predicted octanol–water partition coefficient (Wildman–Crippen LogP) is 0.424. The summed E-state index contributed by atoms with van der Waals surface area (Å²) in [6.45, 7) is 0. The van der Waals surface area contributed by atoms with Crippen LogP contribution in [-0.4, -0.2) is 39.8 Å². The fraction of sp³-hybridized carbons (Fsp3) is 0.364. The number of rotatable bonds is 3. The monoisotopic (exact) mass is 269 g/mol. The lowest BCUT2D eigenvalue weighted by atomic mass is 10.1. The lowest BCUT2D eigenvalue weighted by Gasteiger charge is -2.14. The number of carbonyl (C=O) groups is 1. The Morgan fingerprint density at radius 2 is 2.00 bits per heavy atom. The second-order valence-electron chi connectivity index (χ2n) is 4.36. The molecule has 0 saturated heterocycles. The largest absolute Gasteiger partial charge is 0.315 e. The molecule has 98 valence electrons. The van der Waals surface area contributed by atoms with Crippen LogP contribution >= 0.6 is 0 Å². The second kappa shape index (κ2) is 4.25. The standard InChI is InChI=1S/C11H15N3O3S/c1-13(2)18(16,17)12-9-4-5-10-8(6-9)7-11(15)14(10)3/h4-6,12H,7H2,1-3H3. The van der Waals surface area contributed by atoms with Crippen molar-refractivity contribution in [2.45, 2.75) is 6.42 Å². The van der Waals surface area contributed by atoms with Crippen LogP contribution in [0.4, 0.5) is 11.4 Å². The Morgan fingerprint density at radius 3 is 2.61 bits per heavy atom. The number of nitrogens with zero attached hydrogens (tertiary/aromatic N) is 2. The molecule has 1 heterocycles. The SMILES string of the molecule is CN1C(=O)Cc2cc(NS(=O)(=O)N(C)C)ccc21. The van der Waals surface area contributed by atoms with Crippen LogP contribution in [-0.2, 0) is 21.4 Å². The first-order valence-electron chi connectivity index (χ1n) is 5.41. The summed E-state index contributed by atoms with van der Waals surface area (Å²) < 4.78 is 26.9. The maximum absolute atomic E-state index is 11.7. The minimum absolute atomic E-state index is 0.0117. The molecule has 18 heavy (non-hydrogen) atoms. The Kier molecular flexibility index (Phi) is 3.04. The van der Waals surface area contributed by atoms with E-state index in [0.717, 1.165) is 15.6 Å². The van der Waals surface area contributed by atoms with Gasteiger partial charge in [-0.05, 0) is 23.8 Å². The van der Waals surface area contributed by atoms with Crippen molar-refractivity contribution in [2.24, 2.45) is 0 Å². The van der Waals surface area contributed by atoms with Gasteiger partial charge in [-0.25, -0.2) is 0 Å². The van der Waals surface area contributed by atoms with Crippen LogP contribution in [0.3, 0.4) is 0 Å². The molecule has 6 nitrogen and oxygen atoms in total. The topological polar surface area (TPSA) is 69.7 Å². The molecule has 1 aliphatic rings. The van der Waals surface area contributed by atoms with Crippen molar-refractivity contribution in [2.75, 3.05) is 30.8 Å². The molecule has 0 aromatic heterocycles. The fourth-order valence-corrected chi connectivity index (χ4v) is 2.38. The Bertz CT molecular complexity index is 596. The molecule has 0 atom stereocenters. The van der Waals surface area contributed by atoms with Crippen LogP contribution in [0.15, 0.2) is 18.2 Å². The number of likely N-dealkylation sites (N-methyl/N-ethyl adjacent to an activating group) is 1. The first-order valence-corrected chi connectivity index (χ1v) is 6.85. The Hall–Kier alpha value is -1.60. The highest BCUT2D eigenvalue weighted by Crippen LogP contribution is 2.30. The third-order valence-electron chi connectivity index (χ3n) is 2.88. The number of fused-ring (bicyclic) bond motifs is 1. The molecule has 0 aliphatic carbocycles. The van der Waals surface area contributed by atoms with Gasteiger partial charge >= 0.3 is 10.2 Å². The van der Waals surface area contributed by atoms with Crippen molar-refractivity contribution in [3.8, 4) is 0 Å². The molecule has 0 fully saturated rings. The first kappa shape index (κ1) is 12.8. The predicted molar refractivity (Wildman–Crippen MR) is 69.8 cm³/mol. The van der Waals surface area contributed by atoms with Gasteiger partial charge in [-0.2, -0.15) is 12.7 Å². The fourth-order valence-electron chi connectivity index (χ4n) is 1.77. The Morgan fingerprint density at radius 1 is 1.33 bits per heavy atom. The third-order valence-corrected chi connectivity index (χ3v) is 4.34. The number of carbonyl (C=O) groups excluding carboxylic acids is 1. The average molecular weight is 269 g/mol. The Labute approximate surface area is 106 Å². The summed E-state index contributed by atoms with van der Waals surface area (Å²) in [4.78, 5) is 13.1. The average Bonchev–Trinajstić information content (AvgIpc) is 2.53. The molecule has 0 unspecified atom stereocenters. The molecule has 1 aliphatic heterocycles. The van der Waals surface area contributed by atoms with Gasteiger partial charge in [-0.3, -0.25) is 9.52 Å². The van der Waals surface area contributed by atoms with E-state index in [1.165, 1.54) is 14.1 Å². The van der Waals surface area contributed by atoms with Gasteiger partial charge in [0.25, 0.3) is 0 Å². The van der Waals surface area contributed by atoms with Crippen LogP contribution < -0.4 is 9.62 Å². The number of anilines is 2. The van der Waals surface area contributed by atoms with Gasteiger partial charge in [0.1, 0.15) is 0 Å². The number of nitrogens with one attached hydrogen (secondary N) is 1. The molecule has 7 heteroatoms. The summed E-state index contributed by atoms with van der Waals surface area (Å²) in [5, 5.41) is 0. The summed E-state index contributed by atoms with van der Waals surface area (Å²) in [7, 11) is 1.10. The summed E-state index contributed by atoms with van der Waals surface area (Å²) in [6.07, 6.45) is 0.309. The van der Waals surface area contributed by atoms with Crippen LogP contribution in [0, 0.1) is 0 Å². The minimum atomic E-state index is -3.51. The normalized spacial score (nSPS) is 15.1. The van der Waals surface area contributed by atoms with Gasteiger partial charge in [-0.1, -0.05) is 0 Å². The van der Waals surface area contributed by atoms with Crippen LogP contribution in [0.5, 0.6) is 0 Å². The van der Waals surface area contributed by atoms with E-state index < -0.39 is 10.2 Å². The van der Waals surface area contributed by atoms with E-state index in [1.54, 1.807) is 30.1 Å². The van der Waals surface area contributed by atoms with E-state index in [2.05, 4.69) is 4.72 Å². The summed E-state index contributed by atoms with van der Waals surface area (Å²) in [5.74, 6) is 0.0117. The van der Waals surface area contributed by atoms with Gasteiger partial charge in [0.15, 0.2) is 0 Å². The van der Waals surface area contributed by atoms with E-state index in [9.17, 15) is 13.2 Å². The van der Waals surface area contributed by atoms with Crippen molar-refractivity contribution in [1.29, 1.82) is 0 Å². The molecule has 1 aromatic rings. The van der Waals surface area contributed by atoms with E-state index >= 15 is 0 Å². The van der Waals surface area contributed by atoms with E-state index in [1.807, 2.05) is 0 Å². The molecule has 0 saturated carbocycles. The summed E-state index contributed by atoms with van der Waals surface area (Å²) in [6, 6.07) is 5.08. The van der Waals surface area contributed by atoms with Crippen molar-refractivity contribution >= 4 is 27.5 Å². The van der Waals surface area contributed by atoms with E-state index in [0.29, 0.717) is 12.1 Å². The molecular weight excluding hydrogens is 254 g/mol. The van der Waals surface area contributed by atoms with Crippen molar-refractivity contribution in [3.05, 3.63) is 23.8 Å². The molecule has 1 N–H and O–H groups in total. The highest BCUT2D eigenvalue weighted by Gasteiger charge is 2.24. The van der Waals surface area contributed by atoms with Gasteiger partial charge in [-0.15, -0.1) is 0 Å². The lowest BCUT2D eigenvalue weighted by Crippen LogP contribution is -2.28. The molecule has 0 radical (unpaired) electrons. The zero-order valence-electron chi connectivity index (χ0n) is 10.5. The van der Waals surface area contributed by atoms with Gasteiger partial charge < -0.3 is 4.90 Å². The summed E-state index contributed by atoms with van der Waals surface area (Å²) >= 11 is 0. The zero-order valence-corrected chi connectivity index (χ0v) is 11.3. The van der Waals surface area contributed by atoms with Crippen LogP contribution in [0.25, 0.3) is 0 Å². The third kappa shape index (κ3) is 2.19. The first-order chi connectivity index (χ1) is 8.31. The minimum Gasteiger partial charge on any atom is -0.315 e. The molecule has 1 amide bonds. The van der Waals surface area contributed by atoms with Crippen LogP contribution in [0.1, 0.15) is 5.56 Å². The number of hydrogen-bond donors (Lipinski definition) is 1. The van der Waals surface area contributed by atoms with Crippen molar-refractivity contribution in [1.82, 2.24) is 4.31 Å². The van der Waals surface area contributed by atoms with Crippen LogP contribution in [0.2, 0.25) is 0 Å². The van der Waals surface area contributed by atoms with Crippen molar-refractivity contribution in [3.63, 3.8) is 0 Å². The zero-order chi connectivity index (χ0) is 13.5. The van der Waals surface area contributed by atoms with Crippen molar-refractivity contribution < 1.29 is 13.2 Å². The number of benzene rings is 1. The molecule has 2 rings (SSSR count). The maximum Gasteiger partial charge on any atom is 0.301 e. The lowest BCUT2D eigenvalue weighted by molar-refractivity contribution is -0.117. The second-order valence-corrected chi connectivity index (χ2v) is 6.25. The van der Waals surface area contributed by atoms with Gasteiger partial charge in [0.05, 0.1) is 12.1 Å². The Balaban J connectivity index is 2.30. The summed E-state index contributed by atoms with van der Waals surface area (Å²) in [5.41, 5.74) is 2.12. The number of hydrogen-bond acceptors (Lipinski definition) is 3. The highest BCUT2D eigenvalue weighted by atomic mass is 32.2. The quantitative estimate of drug-likeness (QED) is 0.864.